The number of rotatable bonds is 2. The maximum atomic E-state index is 9.00. The molecule has 6 heteroatoms. The van der Waals surface area contributed by atoms with Crippen LogP contribution in [0.4, 0.5) is 0 Å². The van der Waals surface area contributed by atoms with Crippen LogP contribution in [0.2, 0.25) is 10.0 Å². The van der Waals surface area contributed by atoms with Gasteiger partial charge in [-0.15, -0.1) is 0 Å². The molecular formula is C12H6Cl2N4. The van der Waals surface area contributed by atoms with E-state index in [2.05, 4.69) is 4.98 Å². The summed E-state index contributed by atoms with van der Waals surface area (Å²) in [5, 5.41) is 18.9. The summed E-state index contributed by atoms with van der Waals surface area (Å²) < 4.78 is 1.57. The lowest BCUT2D eigenvalue weighted by atomic mass is 10.2. The van der Waals surface area contributed by atoms with Crippen LogP contribution in [0.5, 0.6) is 0 Å². The van der Waals surface area contributed by atoms with Gasteiger partial charge < -0.3 is 4.57 Å². The maximum Gasteiger partial charge on any atom is 0.176 e. The summed E-state index contributed by atoms with van der Waals surface area (Å²) in [5.74, 6) is 0. The number of nitrogens with zero attached hydrogens (tertiary/aromatic N) is 4. The van der Waals surface area contributed by atoms with E-state index in [-0.39, 0.29) is 11.4 Å². The van der Waals surface area contributed by atoms with Crippen LogP contribution >= 0.6 is 23.2 Å². The minimum absolute atomic E-state index is 0.107. The topological polar surface area (TPSA) is 65.4 Å². The van der Waals surface area contributed by atoms with Crippen molar-refractivity contribution in [3.8, 4) is 12.1 Å². The highest BCUT2D eigenvalue weighted by molar-refractivity contribution is 6.33. The highest BCUT2D eigenvalue weighted by Crippen LogP contribution is 2.22. The third kappa shape index (κ3) is 2.31. The molecule has 0 unspecified atom stereocenters. The van der Waals surface area contributed by atoms with Crippen LogP contribution in [-0.4, -0.2) is 9.55 Å². The summed E-state index contributed by atoms with van der Waals surface area (Å²) in [7, 11) is 0. The quantitative estimate of drug-likeness (QED) is 0.847. The number of hydrogen-bond donors (Lipinski definition) is 0. The van der Waals surface area contributed by atoms with Gasteiger partial charge in [0.05, 0.1) is 12.9 Å². The van der Waals surface area contributed by atoms with Crippen LogP contribution in [0.1, 0.15) is 17.0 Å². The fourth-order valence-electron chi connectivity index (χ4n) is 1.55. The Balaban J connectivity index is 2.41. The molecule has 0 aliphatic rings. The van der Waals surface area contributed by atoms with Crippen molar-refractivity contribution < 1.29 is 0 Å². The third-order valence-electron chi connectivity index (χ3n) is 2.40. The molecule has 0 radical (unpaired) electrons. The van der Waals surface area contributed by atoms with Crippen LogP contribution < -0.4 is 0 Å². The van der Waals surface area contributed by atoms with E-state index < -0.39 is 0 Å². The monoisotopic (exact) mass is 276 g/mol. The first-order valence-corrected chi connectivity index (χ1v) is 5.70. The van der Waals surface area contributed by atoms with Crippen LogP contribution in [0.15, 0.2) is 24.5 Å². The van der Waals surface area contributed by atoms with Crippen molar-refractivity contribution in [2.75, 3.05) is 0 Å². The lowest BCUT2D eigenvalue weighted by molar-refractivity contribution is 0.786. The Labute approximate surface area is 114 Å². The largest absolute Gasteiger partial charge is 0.317 e. The van der Waals surface area contributed by atoms with Crippen LogP contribution in [0.3, 0.4) is 0 Å². The van der Waals surface area contributed by atoms with E-state index >= 15 is 0 Å². The van der Waals surface area contributed by atoms with Gasteiger partial charge in [-0.1, -0.05) is 23.2 Å². The Bertz CT molecular complexity index is 676. The highest BCUT2D eigenvalue weighted by atomic mass is 35.5. The number of hydrogen-bond acceptors (Lipinski definition) is 3. The summed E-state index contributed by atoms with van der Waals surface area (Å²) in [6, 6.07) is 8.91. The summed E-state index contributed by atoms with van der Waals surface area (Å²) in [6.45, 7) is 0.344. The van der Waals surface area contributed by atoms with Gasteiger partial charge in [-0.2, -0.15) is 10.5 Å². The Kier molecular flexibility index (Phi) is 3.53. The van der Waals surface area contributed by atoms with Gasteiger partial charge >= 0.3 is 0 Å². The zero-order chi connectivity index (χ0) is 13.1. The molecule has 1 heterocycles. The van der Waals surface area contributed by atoms with E-state index in [9.17, 15) is 0 Å². The molecule has 2 rings (SSSR count). The van der Waals surface area contributed by atoms with Crippen molar-refractivity contribution in [1.29, 1.82) is 10.5 Å². The summed E-state index contributed by atoms with van der Waals surface area (Å²) >= 11 is 11.9. The van der Waals surface area contributed by atoms with Crippen molar-refractivity contribution >= 4 is 23.2 Å². The Hall–Kier alpha value is -2.01. The predicted octanol–water partition coefficient (Wildman–Crippen LogP) is 2.98. The molecule has 0 bridgehead atoms. The highest BCUT2D eigenvalue weighted by Gasteiger charge is 2.11. The molecular weight excluding hydrogens is 271 g/mol. The van der Waals surface area contributed by atoms with Crippen molar-refractivity contribution in [1.82, 2.24) is 9.55 Å². The molecule has 0 aliphatic heterocycles. The molecule has 0 amide bonds. The van der Waals surface area contributed by atoms with Crippen LogP contribution in [0, 0.1) is 22.7 Å². The number of nitriles is 2. The van der Waals surface area contributed by atoms with E-state index in [0.29, 0.717) is 16.6 Å². The van der Waals surface area contributed by atoms with Gasteiger partial charge in [0.25, 0.3) is 0 Å². The summed E-state index contributed by atoms with van der Waals surface area (Å²) in [5.41, 5.74) is 1.09. The van der Waals surface area contributed by atoms with Gasteiger partial charge in [-0.05, 0) is 23.8 Å². The second-order valence-corrected chi connectivity index (χ2v) is 4.37. The van der Waals surface area contributed by atoms with Gasteiger partial charge in [0.2, 0.25) is 0 Å². The average Bonchev–Trinajstić information content (AvgIpc) is 2.75. The molecule has 0 atom stereocenters. The van der Waals surface area contributed by atoms with Gasteiger partial charge in [0, 0.05) is 10.0 Å². The van der Waals surface area contributed by atoms with Gasteiger partial charge in [-0.25, -0.2) is 4.98 Å². The molecule has 1 aromatic carbocycles. The normalized spacial score (nSPS) is 9.78. The smallest absolute Gasteiger partial charge is 0.176 e. The second-order valence-electron chi connectivity index (χ2n) is 3.53. The molecule has 2 aromatic rings. The van der Waals surface area contributed by atoms with Crippen LogP contribution in [-0.2, 0) is 6.54 Å². The molecule has 0 aliphatic carbocycles. The summed E-state index contributed by atoms with van der Waals surface area (Å²) in [6.07, 6.45) is 1.44. The van der Waals surface area contributed by atoms with E-state index in [4.69, 9.17) is 33.7 Å². The van der Waals surface area contributed by atoms with Crippen molar-refractivity contribution in [3.05, 3.63) is 51.5 Å². The number of aromatic nitrogens is 2. The summed E-state index contributed by atoms with van der Waals surface area (Å²) in [4.78, 5) is 3.86. The zero-order valence-electron chi connectivity index (χ0n) is 9.06. The van der Waals surface area contributed by atoms with E-state index in [1.807, 2.05) is 12.1 Å². The molecule has 0 saturated carbocycles. The first kappa shape index (κ1) is 12.4. The SMILES string of the molecule is N#Cc1ncn(Cc2cc(Cl)ccc2Cl)c1C#N. The lowest BCUT2D eigenvalue weighted by Gasteiger charge is -2.06. The van der Waals surface area contributed by atoms with Crippen molar-refractivity contribution in [2.24, 2.45) is 0 Å². The maximum absolute atomic E-state index is 9.00. The number of halogens is 2. The first-order chi connectivity index (χ1) is 8.65. The predicted molar refractivity (Wildman–Crippen MR) is 67.2 cm³/mol. The molecule has 4 nitrogen and oxygen atoms in total. The van der Waals surface area contributed by atoms with E-state index in [1.165, 1.54) is 6.33 Å². The Morgan fingerprint density at radius 1 is 1.22 bits per heavy atom. The Morgan fingerprint density at radius 2 is 2.00 bits per heavy atom. The Morgan fingerprint density at radius 3 is 2.67 bits per heavy atom. The molecule has 0 N–H and O–H groups in total. The first-order valence-electron chi connectivity index (χ1n) is 4.95. The van der Waals surface area contributed by atoms with E-state index in [0.717, 1.165) is 5.56 Å². The fourth-order valence-corrected chi connectivity index (χ4v) is 1.92. The molecule has 0 saturated heterocycles. The van der Waals surface area contributed by atoms with Gasteiger partial charge in [0.15, 0.2) is 11.4 Å². The average molecular weight is 277 g/mol. The third-order valence-corrected chi connectivity index (χ3v) is 3.00. The molecule has 18 heavy (non-hydrogen) atoms. The minimum atomic E-state index is 0.107. The standard InChI is InChI=1S/C12H6Cl2N4/c13-9-1-2-10(14)8(3-9)6-18-7-17-11(4-15)12(18)5-16/h1-3,7H,6H2. The van der Waals surface area contributed by atoms with Crippen LogP contribution in [0.25, 0.3) is 0 Å². The number of imidazole rings is 1. The van der Waals surface area contributed by atoms with Gasteiger partial charge in [0.1, 0.15) is 12.1 Å². The molecule has 88 valence electrons. The number of benzene rings is 1. The zero-order valence-corrected chi connectivity index (χ0v) is 10.6. The van der Waals surface area contributed by atoms with E-state index in [1.54, 1.807) is 22.8 Å². The fraction of sp³-hybridized carbons (Fsp3) is 0.0833. The molecule has 1 aromatic heterocycles. The molecule has 0 spiro atoms. The van der Waals surface area contributed by atoms with Gasteiger partial charge in [-0.3, -0.25) is 0 Å². The second kappa shape index (κ2) is 5.10. The minimum Gasteiger partial charge on any atom is -0.317 e. The van der Waals surface area contributed by atoms with Crippen molar-refractivity contribution in [2.45, 2.75) is 6.54 Å². The molecule has 0 fully saturated rings. The van der Waals surface area contributed by atoms with Crippen molar-refractivity contribution in [3.63, 3.8) is 0 Å². The lowest BCUT2D eigenvalue weighted by Crippen LogP contribution is -2.02.